The molecule has 0 aromatic heterocycles. The molecule has 1 saturated carbocycles. The van der Waals surface area contributed by atoms with Crippen molar-refractivity contribution in [2.45, 2.75) is 44.6 Å². The molecule has 3 nitrogen and oxygen atoms in total. The average molecular weight is 262 g/mol. The number of ether oxygens (including phenoxy) is 1. The molecule has 1 fully saturated rings. The Morgan fingerprint density at radius 3 is 2.63 bits per heavy atom. The zero-order valence-corrected chi connectivity index (χ0v) is 11.6. The van der Waals surface area contributed by atoms with Crippen LogP contribution in [0.25, 0.3) is 0 Å². The Kier molecular flexibility index (Phi) is 4.59. The average Bonchev–Trinajstić information content (AvgIpc) is 2.86. The van der Waals surface area contributed by atoms with Crippen molar-refractivity contribution in [2.75, 3.05) is 7.11 Å². The van der Waals surface area contributed by atoms with Gasteiger partial charge in [-0.1, -0.05) is 30.7 Å². The molecule has 0 amide bonds. The van der Waals surface area contributed by atoms with Crippen molar-refractivity contribution in [1.82, 2.24) is 0 Å². The van der Waals surface area contributed by atoms with E-state index in [1.54, 1.807) is 14.0 Å². The van der Waals surface area contributed by atoms with Crippen LogP contribution in [0.1, 0.15) is 43.2 Å². The Morgan fingerprint density at radius 1 is 1.37 bits per heavy atom. The van der Waals surface area contributed by atoms with Crippen LogP contribution in [-0.4, -0.2) is 24.3 Å². The number of rotatable bonds is 5. The summed E-state index contributed by atoms with van der Waals surface area (Å²) in [6, 6.07) is 7.98. The van der Waals surface area contributed by atoms with Gasteiger partial charge in [0.15, 0.2) is 0 Å². The number of aliphatic carboxylic acids is 1. The summed E-state index contributed by atoms with van der Waals surface area (Å²) in [6.07, 6.45) is 5.05. The molecule has 0 saturated heterocycles. The molecular weight excluding hydrogens is 240 g/mol. The monoisotopic (exact) mass is 262 g/mol. The first kappa shape index (κ1) is 14.1. The summed E-state index contributed by atoms with van der Waals surface area (Å²) in [7, 11) is 1.79. The van der Waals surface area contributed by atoms with Crippen LogP contribution < -0.4 is 0 Å². The lowest BCUT2D eigenvalue weighted by atomic mass is 9.93. The normalized spacial score (nSPS) is 24.3. The van der Waals surface area contributed by atoms with Crippen molar-refractivity contribution in [3.63, 3.8) is 0 Å². The van der Waals surface area contributed by atoms with E-state index in [1.165, 1.54) is 18.4 Å². The fraction of sp³-hybridized carbons (Fsp3) is 0.562. The van der Waals surface area contributed by atoms with Crippen molar-refractivity contribution in [1.29, 1.82) is 0 Å². The van der Waals surface area contributed by atoms with Crippen LogP contribution in [0.5, 0.6) is 0 Å². The number of hydrogen-bond donors (Lipinski definition) is 1. The highest BCUT2D eigenvalue weighted by Crippen LogP contribution is 2.31. The zero-order chi connectivity index (χ0) is 13.8. The molecule has 0 spiro atoms. The van der Waals surface area contributed by atoms with E-state index in [0.29, 0.717) is 12.0 Å². The highest BCUT2D eigenvalue weighted by atomic mass is 16.5. The highest BCUT2D eigenvalue weighted by molar-refractivity contribution is 5.75. The molecule has 1 aliphatic carbocycles. The Morgan fingerprint density at radius 2 is 2.05 bits per heavy atom. The van der Waals surface area contributed by atoms with Crippen LogP contribution in [0, 0.1) is 5.92 Å². The van der Waals surface area contributed by atoms with Crippen molar-refractivity contribution >= 4 is 5.97 Å². The fourth-order valence-electron chi connectivity index (χ4n) is 2.93. The van der Waals surface area contributed by atoms with Gasteiger partial charge in [0.25, 0.3) is 0 Å². The van der Waals surface area contributed by atoms with Crippen LogP contribution in [0.4, 0.5) is 0 Å². The van der Waals surface area contributed by atoms with Crippen molar-refractivity contribution in [3.8, 4) is 0 Å². The number of hydrogen-bond acceptors (Lipinski definition) is 2. The third-order valence-corrected chi connectivity index (χ3v) is 4.24. The lowest BCUT2D eigenvalue weighted by Gasteiger charge is -2.18. The largest absolute Gasteiger partial charge is 0.481 e. The second kappa shape index (κ2) is 6.20. The van der Waals surface area contributed by atoms with Crippen LogP contribution in [0.2, 0.25) is 0 Å². The zero-order valence-electron chi connectivity index (χ0n) is 11.6. The Balaban J connectivity index is 2.00. The second-order valence-corrected chi connectivity index (χ2v) is 5.47. The second-order valence-electron chi connectivity index (χ2n) is 5.47. The van der Waals surface area contributed by atoms with E-state index in [0.717, 1.165) is 18.4 Å². The van der Waals surface area contributed by atoms with Crippen molar-refractivity contribution in [3.05, 3.63) is 35.4 Å². The van der Waals surface area contributed by atoms with E-state index in [1.807, 2.05) is 12.1 Å². The molecule has 3 heteroatoms. The number of carboxylic acids is 1. The van der Waals surface area contributed by atoms with Crippen LogP contribution in [0.15, 0.2) is 24.3 Å². The predicted octanol–water partition coefficient (Wildman–Crippen LogP) is 3.23. The molecule has 19 heavy (non-hydrogen) atoms. The van der Waals surface area contributed by atoms with Gasteiger partial charge in [-0.15, -0.1) is 0 Å². The van der Waals surface area contributed by atoms with Gasteiger partial charge in [0, 0.05) is 7.11 Å². The minimum Gasteiger partial charge on any atom is -0.481 e. The first-order valence-electron chi connectivity index (χ1n) is 6.96. The first-order valence-corrected chi connectivity index (χ1v) is 6.96. The Bertz CT molecular complexity index is 424. The van der Waals surface area contributed by atoms with E-state index < -0.39 is 11.9 Å². The van der Waals surface area contributed by atoms with E-state index in [4.69, 9.17) is 9.84 Å². The van der Waals surface area contributed by atoms with E-state index >= 15 is 0 Å². The van der Waals surface area contributed by atoms with Gasteiger partial charge in [-0.3, -0.25) is 4.79 Å². The van der Waals surface area contributed by atoms with E-state index in [2.05, 4.69) is 12.1 Å². The summed E-state index contributed by atoms with van der Waals surface area (Å²) in [4.78, 5) is 10.9. The topological polar surface area (TPSA) is 46.5 Å². The van der Waals surface area contributed by atoms with Crippen LogP contribution >= 0.6 is 0 Å². The van der Waals surface area contributed by atoms with Gasteiger partial charge in [-0.25, -0.2) is 0 Å². The summed E-state index contributed by atoms with van der Waals surface area (Å²) < 4.78 is 5.51. The number of methoxy groups -OCH3 is 1. The summed E-state index contributed by atoms with van der Waals surface area (Å²) in [6.45, 7) is 1.72. The standard InChI is InChI=1S/C16H22O3/c1-11(16(17)18)13-8-6-12(7-9-13)10-14-4-3-5-15(14)19-2/h6-9,11,14-15H,3-5,10H2,1-2H3,(H,17,18)/t11-,14+,15-/m0/s1. The summed E-state index contributed by atoms with van der Waals surface area (Å²) >= 11 is 0. The minimum absolute atomic E-state index is 0.387. The molecule has 2 rings (SSSR count). The number of benzene rings is 1. The van der Waals surface area contributed by atoms with E-state index in [9.17, 15) is 4.79 Å². The third-order valence-electron chi connectivity index (χ3n) is 4.24. The van der Waals surface area contributed by atoms with Crippen LogP contribution in [-0.2, 0) is 16.0 Å². The molecule has 0 aliphatic heterocycles. The molecule has 0 bridgehead atoms. The molecule has 0 heterocycles. The molecular formula is C16H22O3. The lowest BCUT2D eigenvalue weighted by Crippen LogP contribution is -2.18. The molecule has 1 aliphatic rings. The summed E-state index contributed by atoms with van der Waals surface area (Å²) in [5, 5.41) is 8.98. The summed E-state index contributed by atoms with van der Waals surface area (Å²) in [5.74, 6) is -0.608. The molecule has 3 atom stereocenters. The molecule has 1 aromatic carbocycles. The van der Waals surface area contributed by atoms with Gasteiger partial charge in [-0.05, 0) is 43.2 Å². The van der Waals surface area contributed by atoms with Gasteiger partial charge in [-0.2, -0.15) is 0 Å². The predicted molar refractivity (Wildman–Crippen MR) is 74.3 cm³/mol. The molecule has 1 aromatic rings. The van der Waals surface area contributed by atoms with Crippen molar-refractivity contribution in [2.24, 2.45) is 5.92 Å². The number of carbonyl (C=O) groups is 1. The molecule has 0 radical (unpaired) electrons. The van der Waals surface area contributed by atoms with Gasteiger partial charge in [0.2, 0.25) is 0 Å². The highest BCUT2D eigenvalue weighted by Gasteiger charge is 2.27. The molecule has 104 valence electrons. The Hall–Kier alpha value is -1.35. The van der Waals surface area contributed by atoms with Gasteiger partial charge < -0.3 is 9.84 Å². The van der Waals surface area contributed by atoms with E-state index in [-0.39, 0.29) is 0 Å². The SMILES string of the molecule is CO[C@H]1CCC[C@@H]1Cc1ccc([C@H](C)C(=O)O)cc1. The molecule has 0 unspecified atom stereocenters. The van der Waals surface area contributed by atoms with Gasteiger partial charge in [0.05, 0.1) is 12.0 Å². The number of carboxylic acid groups (broad SMARTS) is 1. The maximum Gasteiger partial charge on any atom is 0.310 e. The maximum absolute atomic E-state index is 10.9. The smallest absolute Gasteiger partial charge is 0.310 e. The van der Waals surface area contributed by atoms with Crippen molar-refractivity contribution < 1.29 is 14.6 Å². The van der Waals surface area contributed by atoms with Gasteiger partial charge in [0.1, 0.15) is 0 Å². The fourth-order valence-corrected chi connectivity index (χ4v) is 2.93. The first-order chi connectivity index (χ1) is 9.11. The third kappa shape index (κ3) is 3.35. The quantitative estimate of drug-likeness (QED) is 0.886. The lowest BCUT2D eigenvalue weighted by molar-refractivity contribution is -0.138. The Labute approximate surface area is 114 Å². The molecule has 1 N–H and O–H groups in total. The van der Waals surface area contributed by atoms with Gasteiger partial charge >= 0.3 is 5.97 Å². The summed E-state index contributed by atoms with van der Waals surface area (Å²) in [5.41, 5.74) is 2.14. The minimum atomic E-state index is -0.775. The maximum atomic E-state index is 10.9. The van der Waals surface area contributed by atoms with Crippen LogP contribution in [0.3, 0.4) is 0 Å².